The van der Waals surface area contributed by atoms with Gasteiger partial charge in [0.05, 0.1) is 4.83 Å². The third-order valence-electron chi connectivity index (χ3n) is 2.88. The summed E-state index contributed by atoms with van der Waals surface area (Å²) in [6.45, 7) is 6.76. The summed E-state index contributed by atoms with van der Waals surface area (Å²) in [5, 5.41) is 0. The van der Waals surface area contributed by atoms with Crippen molar-refractivity contribution in [1.29, 1.82) is 0 Å². The molecule has 0 N–H and O–H groups in total. The number of rotatable bonds is 2. The van der Waals surface area contributed by atoms with Gasteiger partial charge in [0, 0.05) is 9.75 Å². The molecule has 0 spiro atoms. The molecule has 1 heterocycles. The fraction of sp³-hybridized carbons (Fsp3) is 0.636. The van der Waals surface area contributed by atoms with Crippen LogP contribution in [0.1, 0.15) is 33.5 Å². The van der Waals surface area contributed by atoms with Gasteiger partial charge in [-0.2, -0.15) is 0 Å². The summed E-state index contributed by atoms with van der Waals surface area (Å²) in [4.78, 5) is 3.60. The summed E-state index contributed by atoms with van der Waals surface area (Å²) < 4.78 is 0. The van der Waals surface area contributed by atoms with E-state index in [0.717, 1.165) is 11.8 Å². The summed E-state index contributed by atoms with van der Waals surface area (Å²) in [5.41, 5.74) is 1.46. The maximum absolute atomic E-state index is 3.83. The van der Waals surface area contributed by atoms with Crippen LogP contribution in [0.25, 0.3) is 0 Å². The molecule has 2 heteroatoms. The molecule has 0 aromatic carbocycles. The first-order valence-corrected chi connectivity index (χ1v) is 6.54. The zero-order valence-electron chi connectivity index (χ0n) is 8.30. The van der Waals surface area contributed by atoms with E-state index >= 15 is 0 Å². The van der Waals surface area contributed by atoms with Gasteiger partial charge in [-0.1, -0.05) is 22.9 Å². The van der Waals surface area contributed by atoms with E-state index in [1.165, 1.54) is 16.9 Å². The van der Waals surface area contributed by atoms with E-state index in [0.29, 0.717) is 4.83 Å². The Labute approximate surface area is 92.5 Å². The highest BCUT2D eigenvalue weighted by Gasteiger charge is 2.39. The monoisotopic (exact) mass is 258 g/mol. The highest BCUT2D eigenvalue weighted by atomic mass is 79.9. The molecule has 72 valence electrons. The molecule has 0 bridgehead atoms. The Kier molecular flexibility index (Phi) is 2.54. The molecule has 1 aliphatic carbocycles. The quantitative estimate of drug-likeness (QED) is 0.688. The van der Waals surface area contributed by atoms with Crippen LogP contribution in [0.15, 0.2) is 6.07 Å². The van der Waals surface area contributed by atoms with Crippen molar-refractivity contribution in [2.75, 3.05) is 0 Å². The van der Waals surface area contributed by atoms with Crippen molar-refractivity contribution < 1.29 is 0 Å². The molecule has 3 unspecified atom stereocenters. The predicted octanol–water partition coefficient (Wildman–Crippen LogP) is 4.46. The lowest BCUT2D eigenvalue weighted by Gasteiger charge is -2.07. The van der Waals surface area contributed by atoms with Gasteiger partial charge < -0.3 is 0 Å². The van der Waals surface area contributed by atoms with Crippen LogP contribution < -0.4 is 0 Å². The second-order valence-corrected chi connectivity index (χ2v) is 6.46. The Morgan fingerprint density at radius 2 is 2.15 bits per heavy atom. The van der Waals surface area contributed by atoms with Crippen molar-refractivity contribution in [2.24, 2.45) is 11.8 Å². The van der Waals surface area contributed by atoms with Crippen molar-refractivity contribution in [2.45, 2.75) is 32.0 Å². The van der Waals surface area contributed by atoms with Crippen LogP contribution in [0, 0.1) is 25.7 Å². The largest absolute Gasteiger partial charge is 0.144 e. The highest BCUT2D eigenvalue weighted by Crippen LogP contribution is 2.53. The number of alkyl halides is 1. The average molecular weight is 259 g/mol. The molecule has 0 saturated heterocycles. The first-order valence-electron chi connectivity index (χ1n) is 4.80. The van der Waals surface area contributed by atoms with Crippen molar-refractivity contribution in [1.82, 2.24) is 0 Å². The molecule has 1 aromatic rings. The Bertz CT molecular complexity index is 316. The van der Waals surface area contributed by atoms with Gasteiger partial charge >= 0.3 is 0 Å². The topological polar surface area (TPSA) is 0 Å². The summed E-state index contributed by atoms with van der Waals surface area (Å²) in [6, 6.07) is 2.29. The third-order valence-corrected chi connectivity index (χ3v) is 5.55. The molecule has 13 heavy (non-hydrogen) atoms. The molecule has 2 rings (SSSR count). The number of halogens is 1. The summed E-state index contributed by atoms with van der Waals surface area (Å²) in [6.07, 6.45) is 1.40. The lowest BCUT2D eigenvalue weighted by molar-refractivity contribution is 0.746. The van der Waals surface area contributed by atoms with Crippen LogP contribution in [0.2, 0.25) is 0 Å². The van der Waals surface area contributed by atoms with Gasteiger partial charge in [0.25, 0.3) is 0 Å². The number of hydrogen-bond donors (Lipinski definition) is 0. The molecule has 0 aliphatic heterocycles. The van der Waals surface area contributed by atoms with Crippen molar-refractivity contribution in [3.8, 4) is 0 Å². The first-order chi connectivity index (χ1) is 6.09. The highest BCUT2D eigenvalue weighted by molar-refractivity contribution is 9.09. The van der Waals surface area contributed by atoms with E-state index in [-0.39, 0.29) is 0 Å². The minimum atomic E-state index is 0.612. The fourth-order valence-electron chi connectivity index (χ4n) is 1.89. The zero-order valence-corrected chi connectivity index (χ0v) is 10.7. The van der Waals surface area contributed by atoms with Crippen LogP contribution in [-0.4, -0.2) is 0 Å². The minimum Gasteiger partial charge on any atom is -0.144 e. The van der Waals surface area contributed by atoms with E-state index in [9.17, 15) is 0 Å². The fourth-order valence-corrected chi connectivity index (χ4v) is 4.35. The van der Waals surface area contributed by atoms with Gasteiger partial charge in [0.1, 0.15) is 0 Å². The molecule has 1 aliphatic rings. The zero-order chi connectivity index (χ0) is 9.59. The van der Waals surface area contributed by atoms with Crippen LogP contribution in [0.4, 0.5) is 0 Å². The van der Waals surface area contributed by atoms with Crippen LogP contribution in [0.3, 0.4) is 0 Å². The van der Waals surface area contributed by atoms with Crippen molar-refractivity contribution >= 4 is 27.3 Å². The Hall–Kier alpha value is 0.180. The molecule has 0 nitrogen and oxygen atoms in total. The third kappa shape index (κ3) is 1.84. The van der Waals surface area contributed by atoms with Crippen LogP contribution in [0.5, 0.6) is 0 Å². The second-order valence-electron chi connectivity index (χ2n) is 4.18. The van der Waals surface area contributed by atoms with Crippen molar-refractivity contribution in [3.05, 3.63) is 21.4 Å². The summed E-state index contributed by atoms with van der Waals surface area (Å²) in [5.74, 6) is 1.81. The summed E-state index contributed by atoms with van der Waals surface area (Å²) in [7, 11) is 0. The van der Waals surface area contributed by atoms with Crippen LogP contribution >= 0.6 is 27.3 Å². The number of aryl methyl sites for hydroxylation is 2. The lowest BCUT2D eigenvalue weighted by Crippen LogP contribution is -1.91. The predicted molar refractivity (Wildman–Crippen MR) is 62.7 cm³/mol. The molecule has 1 fully saturated rings. The smallest absolute Gasteiger partial charge is 0.0522 e. The van der Waals surface area contributed by atoms with Crippen LogP contribution in [-0.2, 0) is 0 Å². The standard InChI is InChI=1S/C11H15BrS/c1-6-5-9(6)10(12)11-7(2)4-8(3)13-11/h4,6,9-10H,5H2,1-3H3. The van der Waals surface area contributed by atoms with Gasteiger partial charge in [-0.05, 0) is 43.7 Å². The number of thiophene rings is 1. The molecular weight excluding hydrogens is 244 g/mol. The SMILES string of the molecule is Cc1cc(C)c(C(Br)C2CC2C)s1. The summed E-state index contributed by atoms with van der Waals surface area (Å²) >= 11 is 5.77. The molecule has 1 saturated carbocycles. The Morgan fingerprint density at radius 3 is 2.54 bits per heavy atom. The Morgan fingerprint density at radius 1 is 1.54 bits per heavy atom. The van der Waals surface area contributed by atoms with E-state index in [1.807, 2.05) is 11.3 Å². The van der Waals surface area contributed by atoms with Gasteiger partial charge in [0.2, 0.25) is 0 Å². The molecule has 1 aromatic heterocycles. The second kappa shape index (κ2) is 3.39. The normalized spacial score (nSPS) is 28.9. The van der Waals surface area contributed by atoms with Crippen molar-refractivity contribution in [3.63, 3.8) is 0 Å². The average Bonchev–Trinajstić information content (AvgIpc) is 2.67. The lowest BCUT2D eigenvalue weighted by atomic mass is 10.1. The molecular formula is C11H15BrS. The van der Waals surface area contributed by atoms with E-state index in [2.05, 4.69) is 42.8 Å². The Balaban J connectivity index is 2.19. The van der Waals surface area contributed by atoms with E-state index in [1.54, 1.807) is 4.88 Å². The maximum Gasteiger partial charge on any atom is 0.0522 e. The van der Waals surface area contributed by atoms with Gasteiger partial charge in [0.15, 0.2) is 0 Å². The molecule has 0 amide bonds. The molecule has 3 atom stereocenters. The van der Waals surface area contributed by atoms with Gasteiger partial charge in [-0.25, -0.2) is 0 Å². The van der Waals surface area contributed by atoms with E-state index in [4.69, 9.17) is 0 Å². The number of hydrogen-bond acceptors (Lipinski definition) is 1. The van der Waals surface area contributed by atoms with Gasteiger partial charge in [-0.3, -0.25) is 0 Å². The first kappa shape index (κ1) is 9.72. The van der Waals surface area contributed by atoms with Gasteiger partial charge in [-0.15, -0.1) is 11.3 Å². The van der Waals surface area contributed by atoms with E-state index < -0.39 is 0 Å². The molecule has 0 radical (unpaired) electrons. The minimum absolute atomic E-state index is 0.612. The maximum atomic E-state index is 3.83.